The molecular weight excluding hydrogens is 383 g/mol. The van der Waals surface area contributed by atoms with E-state index in [4.69, 9.17) is 0 Å². The van der Waals surface area contributed by atoms with E-state index in [2.05, 4.69) is 64.3 Å². The van der Waals surface area contributed by atoms with Gasteiger partial charge in [-0.25, -0.2) is 0 Å². The summed E-state index contributed by atoms with van der Waals surface area (Å²) in [6.45, 7) is 0.865. The van der Waals surface area contributed by atoms with Crippen molar-refractivity contribution in [2.24, 2.45) is 0 Å². The molecule has 0 aliphatic carbocycles. The van der Waals surface area contributed by atoms with E-state index in [1.807, 2.05) is 36.5 Å². The number of nitrogens with zero attached hydrogens (tertiary/aromatic N) is 2. The van der Waals surface area contributed by atoms with Gasteiger partial charge in [0, 0.05) is 30.0 Å². The molecule has 0 amide bonds. The van der Waals surface area contributed by atoms with E-state index in [0.717, 1.165) is 17.9 Å². The van der Waals surface area contributed by atoms with Crippen LogP contribution in [0.5, 0.6) is 0 Å². The number of halogens is 1. The molecule has 2 nitrogen and oxygen atoms in total. The highest BCUT2D eigenvalue weighted by Crippen LogP contribution is 2.04. The number of hydrogen-bond acceptors (Lipinski definition) is 1. The van der Waals surface area contributed by atoms with Gasteiger partial charge in [-0.15, -0.1) is 0 Å². The summed E-state index contributed by atoms with van der Waals surface area (Å²) >= 11 is 0. The molecule has 0 radical (unpaired) electrons. The van der Waals surface area contributed by atoms with Crippen LogP contribution in [0.15, 0.2) is 79.1 Å². The third-order valence-electron chi connectivity index (χ3n) is 3.28. The second-order valence-corrected chi connectivity index (χ2v) is 4.83. The predicted molar refractivity (Wildman–Crippen MR) is 85.3 cm³/mol. The first kappa shape index (κ1) is 16.4. The summed E-state index contributed by atoms with van der Waals surface area (Å²) in [6, 6.07) is 22.6. The van der Waals surface area contributed by atoms with E-state index >= 15 is 0 Å². The molecule has 0 fully saturated rings. The van der Waals surface area contributed by atoms with Gasteiger partial charge >= 0.3 is 0 Å². The lowest BCUT2D eigenvalue weighted by Gasteiger charge is -2.01. The fraction of sp³-hybridized carbons (Fsp3) is 0.0526. The molecule has 0 spiro atoms. The Labute approximate surface area is 148 Å². The van der Waals surface area contributed by atoms with Gasteiger partial charge in [-0.2, -0.15) is 4.57 Å². The zero-order valence-electron chi connectivity index (χ0n) is 12.1. The Balaban J connectivity index is 0.00000176. The summed E-state index contributed by atoms with van der Waals surface area (Å²) in [6.07, 6.45) is 8.05. The molecule has 0 bridgehead atoms. The van der Waals surface area contributed by atoms with Crippen molar-refractivity contribution in [3.8, 4) is 0 Å². The third kappa shape index (κ3) is 4.49. The van der Waals surface area contributed by atoms with Crippen LogP contribution in [0.1, 0.15) is 17.0 Å². The van der Waals surface area contributed by atoms with Crippen LogP contribution in [-0.2, 0) is 6.54 Å². The molecule has 0 saturated heterocycles. The van der Waals surface area contributed by atoms with Gasteiger partial charge in [0.25, 0.3) is 0 Å². The Morgan fingerprint density at radius 1 is 0.818 bits per heavy atom. The average Bonchev–Trinajstić information content (AvgIpc) is 2.56. The Hall–Kier alpha value is -2.01. The summed E-state index contributed by atoms with van der Waals surface area (Å²) in [7, 11) is 0. The molecule has 3 rings (SSSR count). The number of hydrogen-bond donors (Lipinski definition) is 0. The lowest BCUT2D eigenvalue weighted by Crippen LogP contribution is -3.00. The summed E-state index contributed by atoms with van der Waals surface area (Å²) in [5, 5.41) is 0. The molecule has 1 aromatic carbocycles. The van der Waals surface area contributed by atoms with Crippen LogP contribution in [0.4, 0.5) is 0 Å². The van der Waals surface area contributed by atoms with Crippen molar-refractivity contribution in [3.63, 3.8) is 0 Å². The second kappa shape index (κ2) is 8.44. The maximum Gasteiger partial charge on any atom is 0.205 e. The number of pyridine rings is 2. The fourth-order valence-electron chi connectivity index (χ4n) is 2.21. The average molecular weight is 400 g/mol. The standard InChI is InChI=1S/C19H17N2.HI/c1-2-8-17(9-3-1)16-21-15-7-5-11-19(21)13-12-18-10-4-6-14-20-18;/h1-15H,16H2;1H/q+1;/p-1. The van der Waals surface area contributed by atoms with Gasteiger partial charge in [0.15, 0.2) is 12.7 Å². The van der Waals surface area contributed by atoms with Crippen molar-refractivity contribution in [1.29, 1.82) is 0 Å². The smallest absolute Gasteiger partial charge is 0.205 e. The van der Waals surface area contributed by atoms with Gasteiger partial charge in [-0.3, -0.25) is 4.98 Å². The molecular formula is C19H17IN2. The van der Waals surface area contributed by atoms with Crippen molar-refractivity contribution < 1.29 is 28.5 Å². The van der Waals surface area contributed by atoms with E-state index in [-0.39, 0.29) is 24.0 Å². The molecule has 0 saturated carbocycles. The van der Waals surface area contributed by atoms with Gasteiger partial charge in [0.05, 0.1) is 5.69 Å². The second-order valence-electron chi connectivity index (χ2n) is 4.83. The van der Waals surface area contributed by atoms with Crippen LogP contribution < -0.4 is 28.5 Å². The Bertz CT molecular complexity index is 725. The van der Waals surface area contributed by atoms with Crippen molar-refractivity contribution in [2.45, 2.75) is 6.54 Å². The molecule has 0 aliphatic heterocycles. The molecule has 0 atom stereocenters. The predicted octanol–water partition coefficient (Wildman–Crippen LogP) is 0.592. The highest BCUT2D eigenvalue weighted by Gasteiger charge is 2.07. The van der Waals surface area contributed by atoms with Crippen LogP contribution in [0.3, 0.4) is 0 Å². The van der Waals surface area contributed by atoms with Crippen molar-refractivity contribution >= 4 is 12.2 Å². The topological polar surface area (TPSA) is 16.8 Å². The summed E-state index contributed by atoms with van der Waals surface area (Å²) in [5.74, 6) is 0. The van der Waals surface area contributed by atoms with Gasteiger partial charge in [0.2, 0.25) is 5.69 Å². The SMILES string of the molecule is C(=Cc1cccc[n+]1Cc1ccccc1)c1ccccn1.[I-]. The minimum atomic E-state index is 0. The molecule has 2 aromatic heterocycles. The largest absolute Gasteiger partial charge is 1.00 e. The Morgan fingerprint density at radius 2 is 1.59 bits per heavy atom. The van der Waals surface area contributed by atoms with Crippen molar-refractivity contribution in [3.05, 3.63) is 96.1 Å². The van der Waals surface area contributed by atoms with E-state index in [0.29, 0.717) is 0 Å². The third-order valence-corrected chi connectivity index (χ3v) is 3.28. The minimum absolute atomic E-state index is 0. The zero-order chi connectivity index (χ0) is 14.3. The van der Waals surface area contributed by atoms with Gasteiger partial charge < -0.3 is 24.0 Å². The summed E-state index contributed by atoms with van der Waals surface area (Å²) in [5.41, 5.74) is 3.42. The molecule has 0 N–H and O–H groups in total. The zero-order valence-corrected chi connectivity index (χ0v) is 14.3. The van der Waals surface area contributed by atoms with Gasteiger partial charge in [0.1, 0.15) is 0 Å². The van der Waals surface area contributed by atoms with Crippen LogP contribution >= 0.6 is 0 Å². The molecule has 2 heterocycles. The lowest BCUT2D eigenvalue weighted by atomic mass is 10.2. The lowest BCUT2D eigenvalue weighted by molar-refractivity contribution is -0.690. The van der Waals surface area contributed by atoms with Gasteiger partial charge in [-0.1, -0.05) is 36.4 Å². The minimum Gasteiger partial charge on any atom is -1.00 e. The fourth-order valence-corrected chi connectivity index (χ4v) is 2.21. The van der Waals surface area contributed by atoms with Crippen molar-refractivity contribution in [2.75, 3.05) is 0 Å². The highest BCUT2D eigenvalue weighted by molar-refractivity contribution is 5.64. The summed E-state index contributed by atoms with van der Waals surface area (Å²) < 4.78 is 2.23. The number of aromatic nitrogens is 2. The monoisotopic (exact) mass is 400 g/mol. The van der Waals surface area contributed by atoms with Crippen LogP contribution in [0.2, 0.25) is 0 Å². The van der Waals surface area contributed by atoms with E-state index in [1.54, 1.807) is 0 Å². The normalized spacial score (nSPS) is 10.4. The number of rotatable bonds is 4. The van der Waals surface area contributed by atoms with E-state index in [9.17, 15) is 0 Å². The first-order valence-corrected chi connectivity index (χ1v) is 7.03. The highest BCUT2D eigenvalue weighted by atomic mass is 127. The molecule has 3 aromatic rings. The molecule has 0 aliphatic rings. The summed E-state index contributed by atoms with van der Waals surface area (Å²) in [4.78, 5) is 4.31. The molecule has 110 valence electrons. The van der Waals surface area contributed by atoms with E-state index < -0.39 is 0 Å². The molecule has 3 heteroatoms. The quantitative estimate of drug-likeness (QED) is 0.463. The Morgan fingerprint density at radius 3 is 2.36 bits per heavy atom. The first-order chi connectivity index (χ1) is 10.4. The number of benzene rings is 1. The van der Waals surface area contributed by atoms with Gasteiger partial charge in [-0.05, 0) is 24.3 Å². The van der Waals surface area contributed by atoms with Crippen LogP contribution in [-0.4, -0.2) is 4.98 Å². The molecule has 22 heavy (non-hydrogen) atoms. The van der Waals surface area contributed by atoms with Crippen LogP contribution in [0, 0.1) is 0 Å². The maximum atomic E-state index is 4.31. The van der Waals surface area contributed by atoms with E-state index in [1.165, 1.54) is 5.56 Å². The maximum absolute atomic E-state index is 4.31. The van der Waals surface area contributed by atoms with Crippen molar-refractivity contribution in [1.82, 2.24) is 4.98 Å². The van der Waals surface area contributed by atoms with Crippen LogP contribution in [0.25, 0.3) is 12.2 Å². The Kier molecular flexibility index (Phi) is 6.27. The first-order valence-electron chi connectivity index (χ1n) is 7.03. The molecule has 0 unspecified atom stereocenters.